The Bertz CT molecular complexity index is 371. The van der Waals surface area contributed by atoms with Gasteiger partial charge in [-0.3, -0.25) is 9.78 Å². The molecular weight excluding hydrogens is 228 g/mol. The number of rotatable bonds is 4. The number of hydrogen-bond donors (Lipinski definition) is 0. The summed E-state index contributed by atoms with van der Waals surface area (Å²) in [5.41, 5.74) is 0.854. The van der Waals surface area contributed by atoms with E-state index in [1.807, 2.05) is 24.9 Å². The van der Waals surface area contributed by atoms with Gasteiger partial charge in [-0.25, -0.2) is 0 Å². The van der Waals surface area contributed by atoms with Crippen molar-refractivity contribution in [2.75, 3.05) is 25.6 Å². The van der Waals surface area contributed by atoms with Crippen molar-refractivity contribution in [3.8, 4) is 0 Å². The van der Waals surface area contributed by atoms with Crippen LogP contribution in [0, 0.1) is 5.92 Å². The zero-order chi connectivity index (χ0) is 12.1. The minimum atomic E-state index is -0.225. The van der Waals surface area contributed by atoms with Crippen molar-refractivity contribution in [1.29, 1.82) is 0 Å². The summed E-state index contributed by atoms with van der Waals surface area (Å²) in [6.07, 6.45) is 3.25. The molecule has 88 valence electrons. The maximum Gasteiger partial charge on any atom is 0.310 e. The van der Waals surface area contributed by atoms with Crippen LogP contribution in [-0.4, -0.2) is 31.7 Å². The zero-order valence-electron chi connectivity index (χ0n) is 9.61. The standard InChI is InChI=1S/C11H15ClN2O2/c1-8(11(15)16-3)7-14(2)10-4-5-13-6-9(10)12/h4-6,8H,7H2,1-3H3. The molecule has 0 aromatic carbocycles. The largest absolute Gasteiger partial charge is 0.469 e. The van der Waals surface area contributed by atoms with Crippen LogP contribution in [0.15, 0.2) is 18.5 Å². The normalized spacial score (nSPS) is 12.0. The van der Waals surface area contributed by atoms with Gasteiger partial charge in [0.15, 0.2) is 0 Å². The van der Waals surface area contributed by atoms with Gasteiger partial charge in [0.25, 0.3) is 0 Å². The fourth-order valence-corrected chi connectivity index (χ4v) is 1.73. The molecule has 0 aliphatic carbocycles. The molecule has 0 spiro atoms. The third kappa shape index (κ3) is 3.10. The highest BCUT2D eigenvalue weighted by Crippen LogP contribution is 2.23. The summed E-state index contributed by atoms with van der Waals surface area (Å²) in [7, 11) is 3.26. The van der Waals surface area contributed by atoms with Crippen LogP contribution in [0.25, 0.3) is 0 Å². The van der Waals surface area contributed by atoms with E-state index < -0.39 is 0 Å². The SMILES string of the molecule is COC(=O)C(C)CN(C)c1ccncc1Cl. The number of nitrogens with zero attached hydrogens (tertiary/aromatic N) is 2. The van der Waals surface area contributed by atoms with E-state index in [2.05, 4.69) is 9.72 Å². The summed E-state index contributed by atoms with van der Waals surface area (Å²) in [5, 5.41) is 0.571. The molecule has 0 fully saturated rings. The fourth-order valence-electron chi connectivity index (χ4n) is 1.46. The van der Waals surface area contributed by atoms with Gasteiger partial charge in [0.2, 0.25) is 0 Å². The van der Waals surface area contributed by atoms with Gasteiger partial charge in [-0.2, -0.15) is 0 Å². The minimum Gasteiger partial charge on any atom is -0.469 e. The Morgan fingerprint density at radius 2 is 2.38 bits per heavy atom. The molecule has 5 heteroatoms. The summed E-state index contributed by atoms with van der Waals surface area (Å²) in [6.45, 7) is 2.37. The predicted molar refractivity (Wildman–Crippen MR) is 63.7 cm³/mol. The molecule has 0 amide bonds. The monoisotopic (exact) mass is 242 g/mol. The van der Waals surface area contributed by atoms with Gasteiger partial charge in [0, 0.05) is 26.0 Å². The van der Waals surface area contributed by atoms with Crippen LogP contribution in [0.3, 0.4) is 0 Å². The van der Waals surface area contributed by atoms with Crippen LogP contribution in [0.1, 0.15) is 6.92 Å². The van der Waals surface area contributed by atoms with E-state index in [4.69, 9.17) is 11.6 Å². The molecule has 0 saturated heterocycles. The maximum absolute atomic E-state index is 11.3. The number of anilines is 1. The molecule has 1 heterocycles. The van der Waals surface area contributed by atoms with Crippen molar-refractivity contribution in [3.05, 3.63) is 23.5 Å². The predicted octanol–water partition coefficient (Wildman–Crippen LogP) is 1.98. The molecule has 16 heavy (non-hydrogen) atoms. The van der Waals surface area contributed by atoms with E-state index in [0.29, 0.717) is 11.6 Å². The van der Waals surface area contributed by atoms with Gasteiger partial charge >= 0.3 is 5.97 Å². The van der Waals surface area contributed by atoms with Crippen LogP contribution in [0.4, 0.5) is 5.69 Å². The first-order chi connectivity index (χ1) is 7.56. The van der Waals surface area contributed by atoms with Crippen LogP contribution >= 0.6 is 11.6 Å². The van der Waals surface area contributed by atoms with E-state index >= 15 is 0 Å². The number of carbonyl (C=O) groups is 1. The summed E-state index contributed by atoms with van der Waals surface area (Å²) in [6, 6.07) is 1.81. The summed E-state index contributed by atoms with van der Waals surface area (Å²) in [5.74, 6) is -0.420. The van der Waals surface area contributed by atoms with Gasteiger partial charge in [-0.1, -0.05) is 18.5 Å². The van der Waals surface area contributed by atoms with E-state index in [1.165, 1.54) is 7.11 Å². The Hall–Kier alpha value is -1.29. The Balaban J connectivity index is 2.69. The number of ether oxygens (including phenoxy) is 1. The smallest absolute Gasteiger partial charge is 0.310 e. The molecule has 0 saturated carbocycles. The molecule has 1 aromatic heterocycles. The Morgan fingerprint density at radius 1 is 1.69 bits per heavy atom. The number of esters is 1. The lowest BCUT2D eigenvalue weighted by Gasteiger charge is -2.22. The van der Waals surface area contributed by atoms with Crippen molar-refractivity contribution in [1.82, 2.24) is 4.98 Å². The molecule has 1 atom stereocenters. The quantitative estimate of drug-likeness (QED) is 0.758. The number of halogens is 1. The van der Waals surface area contributed by atoms with E-state index in [9.17, 15) is 4.79 Å². The van der Waals surface area contributed by atoms with Gasteiger partial charge < -0.3 is 9.64 Å². The average Bonchev–Trinajstić information content (AvgIpc) is 2.28. The summed E-state index contributed by atoms with van der Waals surface area (Å²) < 4.78 is 4.67. The molecule has 0 N–H and O–H groups in total. The number of methoxy groups -OCH3 is 1. The second-order valence-corrected chi connectivity index (χ2v) is 4.04. The molecule has 0 aliphatic rings. The number of carbonyl (C=O) groups excluding carboxylic acids is 1. The summed E-state index contributed by atoms with van der Waals surface area (Å²) in [4.78, 5) is 17.1. The van der Waals surface area contributed by atoms with Crippen molar-refractivity contribution >= 4 is 23.3 Å². The third-order valence-corrected chi connectivity index (χ3v) is 2.60. The number of aromatic nitrogens is 1. The lowest BCUT2D eigenvalue weighted by molar-refractivity contribution is -0.144. The molecule has 1 unspecified atom stereocenters. The number of pyridine rings is 1. The van der Waals surface area contributed by atoms with E-state index in [1.54, 1.807) is 12.4 Å². The lowest BCUT2D eigenvalue weighted by Crippen LogP contribution is -2.29. The molecule has 0 radical (unpaired) electrons. The maximum atomic E-state index is 11.3. The van der Waals surface area contributed by atoms with Crippen molar-refractivity contribution in [3.63, 3.8) is 0 Å². The van der Waals surface area contributed by atoms with Crippen molar-refractivity contribution < 1.29 is 9.53 Å². The fraction of sp³-hybridized carbons (Fsp3) is 0.455. The molecule has 4 nitrogen and oxygen atoms in total. The molecule has 1 rings (SSSR count). The van der Waals surface area contributed by atoms with Crippen molar-refractivity contribution in [2.24, 2.45) is 5.92 Å². The van der Waals surface area contributed by atoms with E-state index in [-0.39, 0.29) is 11.9 Å². The highest BCUT2D eigenvalue weighted by Gasteiger charge is 2.16. The van der Waals surface area contributed by atoms with Crippen molar-refractivity contribution in [2.45, 2.75) is 6.92 Å². The molecule has 0 bridgehead atoms. The number of hydrogen-bond acceptors (Lipinski definition) is 4. The molecule has 0 aliphatic heterocycles. The second-order valence-electron chi connectivity index (χ2n) is 3.63. The minimum absolute atomic E-state index is 0.195. The Labute approximate surface area is 100 Å². The van der Waals surface area contributed by atoms with Crippen LogP contribution in [0.2, 0.25) is 5.02 Å². The third-order valence-electron chi connectivity index (χ3n) is 2.31. The molecular formula is C11H15ClN2O2. The Kier molecular flexibility index (Phi) is 4.55. The first kappa shape index (κ1) is 12.8. The van der Waals surface area contributed by atoms with Gasteiger partial charge in [-0.15, -0.1) is 0 Å². The molecule has 1 aromatic rings. The first-order valence-electron chi connectivity index (χ1n) is 4.94. The first-order valence-corrected chi connectivity index (χ1v) is 5.32. The van der Waals surface area contributed by atoms with Gasteiger partial charge in [0.1, 0.15) is 0 Å². The van der Waals surface area contributed by atoms with E-state index in [0.717, 1.165) is 5.69 Å². The second kappa shape index (κ2) is 5.70. The van der Waals surface area contributed by atoms with Crippen LogP contribution in [-0.2, 0) is 9.53 Å². The zero-order valence-corrected chi connectivity index (χ0v) is 10.4. The van der Waals surface area contributed by atoms with Gasteiger partial charge in [-0.05, 0) is 6.07 Å². The van der Waals surface area contributed by atoms with Gasteiger partial charge in [0.05, 0.1) is 23.7 Å². The van der Waals surface area contributed by atoms with Crippen LogP contribution < -0.4 is 4.90 Å². The average molecular weight is 243 g/mol. The highest BCUT2D eigenvalue weighted by molar-refractivity contribution is 6.33. The lowest BCUT2D eigenvalue weighted by atomic mass is 10.1. The topological polar surface area (TPSA) is 42.4 Å². The highest BCUT2D eigenvalue weighted by atomic mass is 35.5. The Morgan fingerprint density at radius 3 is 2.94 bits per heavy atom. The summed E-state index contributed by atoms with van der Waals surface area (Å²) >= 11 is 6.00. The van der Waals surface area contributed by atoms with Crippen LogP contribution in [0.5, 0.6) is 0 Å².